The van der Waals surface area contributed by atoms with Crippen molar-refractivity contribution in [2.24, 2.45) is 0 Å². The van der Waals surface area contributed by atoms with Crippen LogP contribution in [-0.4, -0.2) is 31.9 Å². The van der Waals surface area contributed by atoms with E-state index in [1.165, 1.54) is 0 Å². The number of hydrogen-bond donors (Lipinski definition) is 2. The van der Waals surface area contributed by atoms with Gasteiger partial charge < -0.3 is 5.32 Å². The number of amides is 1. The Bertz CT molecular complexity index is 892. The van der Waals surface area contributed by atoms with Crippen LogP contribution in [0.25, 0.3) is 0 Å². The molecule has 2 aromatic rings. The molecule has 2 aromatic carbocycles. The van der Waals surface area contributed by atoms with E-state index in [4.69, 9.17) is 0 Å². The molecule has 6 nitrogen and oxygen atoms in total. The largest absolute Gasteiger partial charge is 0.326 e. The minimum absolute atomic E-state index is 0.0673. The SMILES string of the molecule is CC(C)S(=O)(=O)NCCCCC(=O)Nc1ccc(C(=O)c2ccccc2)cc1. The summed E-state index contributed by atoms with van der Waals surface area (Å²) in [5.74, 6) is -0.212. The molecule has 0 fully saturated rings. The van der Waals surface area contributed by atoms with E-state index in [0.717, 1.165) is 0 Å². The van der Waals surface area contributed by atoms with Crippen LogP contribution >= 0.6 is 0 Å². The Morgan fingerprint density at radius 3 is 2.11 bits per heavy atom. The molecule has 2 N–H and O–H groups in total. The van der Waals surface area contributed by atoms with Crippen molar-refractivity contribution in [2.45, 2.75) is 38.4 Å². The van der Waals surface area contributed by atoms with Gasteiger partial charge in [-0.25, -0.2) is 13.1 Å². The van der Waals surface area contributed by atoms with Gasteiger partial charge in [-0.05, 0) is 51.0 Å². The van der Waals surface area contributed by atoms with Gasteiger partial charge in [0.2, 0.25) is 15.9 Å². The summed E-state index contributed by atoms with van der Waals surface area (Å²) < 4.78 is 25.8. The minimum Gasteiger partial charge on any atom is -0.326 e. The zero-order valence-corrected chi connectivity index (χ0v) is 17.0. The Hall–Kier alpha value is -2.51. The van der Waals surface area contributed by atoms with Gasteiger partial charge in [-0.2, -0.15) is 0 Å². The van der Waals surface area contributed by atoms with Crippen LogP contribution in [0.4, 0.5) is 5.69 Å². The van der Waals surface area contributed by atoms with Crippen molar-refractivity contribution in [3.63, 3.8) is 0 Å². The lowest BCUT2D eigenvalue weighted by Crippen LogP contribution is -2.31. The highest BCUT2D eigenvalue weighted by atomic mass is 32.2. The number of rotatable bonds is 10. The molecule has 0 heterocycles. The summed E-state index contributed by atoms with van der Waals surface area (Å²) in [6.45, 7) is 3.56. The third-order valence-corrected chi connectivity index (χ3v) is 6.07. The fourth-order valence-corrected chi connectivity index (χ4v) is 3.24. The number of carbonyl (C=O) groups excluding carboxylic acids is 2. The zero-order chi connectivity index (χ0) is 20.6. The van der Waals surface area contributed by atoms with Crippen LogP contribution in [-0.2, 0) is 14.8 Å². The smallest absolute Gasteiger partial charge is 0.224 e. The number of sulfonamides is 1. The number of ketones is 1. The van der Waals surface area contributed by atoms with E-state index in [1.54, 1.807) is 50.2 Å². The molecule has 0 unspecified atom stereocenters. The zero-order valence-electron chi connectivity index (χ0n) is 16.1. The van der Waals surface area contributed by atoms with Gasteiger partial charge in [-0.1, -0.05) is 30.3 Å². The molecule has 0 aromatic heterocycles. The molecule has 0 aliphatic carbocycles. The third-order valence-electron chi connectivity index (χ3n) is 4.22. The normalized spacial score (nSPS) is 11.4. The molecule has 0 bridgehead atoms. The Morgan fingerprint density at radius 1 is 0.893 bits per heavy atom. The summed E-state index contributed by atoms with van der Waals surface area (Å²) in [5, 5.41) is 2.32. The summed E-state index contributed by atoms with van der Waals surface area (Å²) in [7, 11) is -3.26. The highest BCUT2D eigenvalue weighted by molar-refractivity contribution is 7.90. The van der Waals surface area contributed by atoms with E-state index in [2.05, 4.69) is 10.0 Å². The van der Waals surface area contributed by atoms with Crippen LogP contribution in [0.15, 0.2) is 54.6 Å². The summed E-state index contributed by atoms with van der Waals surface area (Å²) in [4.78, 5) is 24.4. The van der Waals surface area contributed by atoms with Crippen molar-refractivity contribution < 1.29 is 18.0 Å². The van der Waals surface area contributed by atoms with Crippen molar-refractivity contribution in [2.75, 3.05) is 11.9 Å². The van der Waals surface area contributed by atoms with E-state index in [1.807, 2.05) is 18.2 Å². The first kappa shape index (κ1) is 21.8. The summed E-state index contributed by atoms with van der Waals surface area (Å²) in [6, 6.07) is 15.8. The maximum Gasteiger partial charge on any atom is 0.224 e. The molecule has 0 atom stereocenters. The summed E-state index contributed by atoms with van der Waals surface area (Å²) in [6.07, 6.45) is 1.47. The predicted molar refractivity (Wildman–Crippen MR) is 111 cm³/mol. The molecule has 2 rings (SSSR count). The fourth-order valence-electron chi connectivity index (χ4n) is 2.48. The number of nitrogens with one attached hydrogen (secondary N) is 2. The summed E-state index contributed by atoms with van der Waals surface area (Å²) >= 11 is 0. The van der Waals surface area contributed by atoms with Gasteiger partial charge in [0.1, 0.15) is 0 Å². The highest BCUT2D eigenvalue weighted by Gasteiger charge is 2.14. The van der Waals surface area contributed by atoms with E-state index >= 15 is 0 Å². The van der Waals surface area contributed by atoms with Gasteiger partial charge in [0.15, 0.2) is 5.78 Å². The molecule has 0 aliphatic rings. The van der Waals surface area contributed by atoms with Crippen molar-refractivity contribution in [1.82, 2.24) is 4.72 Å². The van der Waals surface area contributed by atoms with Gasteiger partial charge in [0.25, 0.3) is 0 Å². The van der Waals surface area contributed by atoms with E-state index in [0.29, 0.717) is 42.6 Å². The molecule has 7 heteroatoms. The van der Waals surface area contributed by atoms with Gasteiger partial charge in [-0.3, -0.25) is 9.59 Å². The van der Waals surface area contributed by atoms with Gasteiger partial charge in [0, 0.05) is 29.8 Å². The van der Waals surface area contributed by atoms with E-state index < -0.39 is 15.3 Å². The predicted octanol–water partition coefficient (Wildman–Crippen LogP) is 3.35. The lowest BCUT2D eigenvalue weighted by molar-refractivity contribution is -0.116. The molecule has 0 spiro atoms. The Balaban J connectivity index is 1.76. The number of hydrogen-bond acceptors (Lipinski definition) is 4. The molecule has 0 saturated carbocycles. The number of benzene rings is 2. The topological polar surface area (TPSA) is 92.3 Å². The van der Waals surface area contributed by atoms with E-state index in [9.17, 15) is 18.0 Å². The van der Waals surface area contributed by atoms with Crippen molar-refractivity contribution in [1.29, 1.82) is 0 Å². The summed E-state index contributed by atoms with van der Waals surface area (Å²) in [5.41, 5.74) is 1.80. The van der Waals surface area contributed by atoms with Crippen LogP contribution in [0.5, 0.6) is 0 Å². The lowest BCUT2D eigenvalue weighted by atomic mass is 10.0. The van der Waals surface area contributed by atoms with Gasteiger partial charge in [0.05, 0.1) is 5.25 Å². The Labute approximate surface area is 166 Å². The van der Waals surface area contributed by atoms with Crippen LogP contribution in [0, 0.1) is 0 Å². The first-order chi connectivity index (χ1) is 13.3. The molecular formula is C21H26N2O4S. The van der Waals surface area contributed by atoms with Crippen LogP contribution < -0.4 is 10.0 Å². The Kier molecular flexibility index (Phi) is 7.90. The van der Waals surface area contributed by atoms with Crippen LogP contribution in [0.1, 0.15) is 49.0 Å². The average Bonchev–Trinajstić information content (AvgIpc) is 2.68. The molecular weight excluding hydrogens is 376 g/mol. The number of unbranched alkanes of at least 4 members (excludes halogenated alkanes) is 1. The highest BCUT2D eigenvalue weighted by Crippen LogP contribution is 2.14. The maximum atomic E-state index is 12.4. The average molecular weight is 403 g/mol. The minimum atomic E-state index is -3.26. The Morgan fingerprint density at radius 2 is 1.50 bits per heavy atom. The second-order valence-electron chi connectivity index (χ2n) is 6.77. The maximum absolute atomic E-state index is 12.4. The van der Waals surface area contributed by atoms with E-state index in [-0.39, 0.29) is 11.7 Å². The van der Waals surface area contributed by atoms with Gasteiger partial charge in [-0.15, -0.1) is 0 Å². The molecule has 0 radical (unpaired) electrons. The fraction of sp³-hybridized carbons (Fsp3) is 0.333. The van der Waals surface area contributed by atoms with Crippen molar-refractivity contribution in [3.8, 4) is 0 Å². The first-order valence-corrected chi connectivity index (χ1v) is 10.8. The number of carbonyl (C=O) groups is 2. The lowest BCUT2D eigenvalue weighted by Gasteiger charge is -2.09. The van der Waals surface area contributed by atoms with Gasteiger partial charge >= 0.3 is 0 Å². The molecule has 0 saturated heterocycles. The number of anilines is 1. The molecule has 28 heavy (non-hydrogen) atoms. The van der Waals surface area contributed by atoms with Crippen LogP contribution in [0.3, 0.4) is 0 Å². The van der Waals surface area contributed by atoms with Crippen LogP contribution in [0.2, 0.25) is 0 Å². The molecule has 150 valence electrons. The van der Waals surface area contributed by atoms with Crippen molar-refractivity contribution in [3.05, 3.63) is 65.7 Å². The van der Waals surface area contributed by atoms with Crippen molar-refractivity contribution >= 4 is 27.4 Å². The third kappa shape index (κ3) is 6.58. The first-order valence-electron chi connectivity index (χ1n) is 9.28. The standard InChI is InChI=1S/C21H26N2O4S/c1-16(2)28(26,27)22-15-7-6-10-20(24)23-19-13-11-18(12-14-19)21(25)17-8-4-3-5-9-17/h3-5,8-9,11-14,16,22H,6-7,10,15H2,1-2H3,(H,23,24). The monoisotopic (exact) mass is 402 g/mol. The molecule has 1 amide bonds. The second-order valence-corrected chi connectivity index (χ2v) is 9.09. The molecule has 0 aliphatic heterocycles. The second kappa shape index (κ2) is 10.1. The quantitative estimate of drug-likeness (QED) is 0.471.